The number of carbonyl (C=O) groups is 2. The topological polar surface area (TPSA) is 77.1 Å². The number of methoxy groups -OCH3 is 2. The van der Waals surface area contributed by atoms with Crippen LogP contribution in [0.4, 0.5) is 13.2 Å². The summed E-state index contributed by atoms with van der Waals surface area (Å²) < 4.78 is 59.5. The highest BCUT2D eigenvalue weighted by atomic mass is 19.4. The van der Waals surface area contributed by atoms with Gasteiger partial charge in [-0.25, -0.2) is 0 Å². The van der Waals surface area contributed by atoms with Gasteiger partial charge < -0.3 is 24.4 Å². The first-order valence-electron chi connectivity index (χ1n) is 12.6. The highest BCUT2D eigenvalue weighted by molar-refractivity contribution is 5.88. The molecule has 2 aliphatic heterocycles. The first-order chi connectivity index (χ1) is 18.2. The third-order valence-corrected chi connectivity index (χ3v) is 7.83. The molecule has 2 saturated heterocycles. The summed E-state index contributed by atoms with van der Waals surface area (Å²) in [4.78, 5) is 27.3. The molecule has 206 valence electrons. The average molecular weight is 535 g/mol. The fourth-order valence-corrected chi connectivity index (χ4v) is 5.82. The highest BCUT2D eigenvalue weighted by Gasteiger charge is 2.64. The number of rotatable bonds is 8. The quantitative estimate of drug-likeness (QED) is 0.518. The summed E-state index contributed by atoms with van der Waals surface area (Å²) in [5, 5.41) is 2.94. The maximum absolute atomic E-state index is 14.5. The van der Waals surface area contributed by atoms with Gasteiger partial charge in [0.25, 0.3) is 11.5 Å². The molecule has 2 fully saturated rings. The van der Waals surface area contributed by atoms with Gasteiger partial charge in [0.2, 0.25) is 5.91 Å². The van der Waals surface area contributed by atoms with Crippen LogP contribution in [0.15, 0.2) is 54.6 Å². The number of piperidine rings is 2. The maximum Gasteiger partial charge on any atom is 0.430 e. The second-order valence-corrected chi connectivity index (χ2v) is 9.82. The van der Waals surface area contributed by atoms with E-state index in [-0.39, 0.29) is 36.9 Å². The van der Waals surface area contributed by atoms with E-state index in [0.29, 0.717) is 38.3 Å². The number of nitrogens with one attached hydrogen (secondary N) is 1. The van der Waals surface area contributed by atoms with Crippen molar-refractivity contribution in [1.29, 1.82) is 0 Å². The molecule has 4 rings (SSSR count). The van der Waals surface area contributed by atoms with Crippen LogP contribution in [0.5, 0.6) is 5.75 Å². The molecular weight excluding hydrogens is 501 g/mol. The van der Waals surface area contributed by atoms with Gasteiger partial charge in [-0.05, 0) is 29.9 Å². The summed E-state index contributed by atoms with van der Waals surface area (Å²) >= 11 is 0. The number of ether oxygens (including phenoxy) is 3. The van der Waals surface area contributed by atoms with E-state index in [9.17, 15) is 22.8 Å². The van der Waals surface area contributed by atoms with Crippen LogP contribution in [0.25, 0.3) is 0 Å². The third kappa shape index (κ3) is 5.11. The Morgan fingerprint density at radius 3 is 2.32 bits per heavy atom. The maximum atomic E-state index is 14.5. The summed E-state index contributed by atoms with van der Waals surface area (Å²) in [7, 11) is 2.50. The third-order valence-electron chi connectivity index (χ3n) is 7.83. The van der Waals surface area contributed by atoms with Crippen molar-refractivity contribution in [2.24, 2.45) is 5.41 Å². The lowest BCUT2D eigenvalue weighted by atomic mass is 9.62. The summed E-state index contributed by atoms with van der Waals surface area (Å²) in [5.41, 5.74) is -2.98. The zero-order chi connectivity index (χ0) is 27.4. The first kappa shape index (κ1) is 27.9. The molecule has 0 saturated carbocycles. The van der Waals surface area contributed by atoms with Crippen molar-refractivity contribution >= 4 is 11.8 Å². The fourth-order valence-electron chi connectivity index (χ4n) is 5.82. The standard InChI is InChI=1S/C28H33F3N2O5/c1-36-16-17-38-23-11-7-6-10-21(23)22-19-32-24(34)18-26(22)12-14-33(15-13-26)25(35)27(37-2,28(29,30)31)20-8-4-3-5-9-20/h3-11,22H,12-19H2,1-2H3,(H,32,34)/t22-,27+/m0/s1. The van der Waals surface area contributed by atoms with Crippen LogP contribution in [-0.2, 0) is 24.7 Å². The number of para-hydroxylation sites is 1. The first-order valence-corrected chi connectivity index (χ1v) is 12.6. The number of hydrogen-bond donors (Lipinski definition) is 1. The Balaban J connectivity index is 1.61. The number of amides is 2. The number of likely N-dealkylation sites (tertiary alicyclic amines) is 1. The molecule has 2 aromatic rings. The molecule has 2 amide bonds. The van der Waals surface area contributed by atoms with Gasteiger partial charge in [-0.3, -0.25) is 9.59 Å². The summed E-state index contributed by atoms with van der Waals surface area (Å²) in [6, 6.07) is 14.6. The molecule has 0 bridgehead atoms. The normalized spacial score (nSPS) is 21.0. The highest BCUT2D eigenvalue weighted by Crippen LogP contribution is 2.52. The minimum Gasteiger partial charge on any atom is -0.491 e. The van der Waals surface area contributed by atoms with Crippen LogP contribution in [0.3, 0.4) is 0 Å². The van der Waals surface area contributed by atoms with E-state index in [0.717, 1.165) is 12.7 Å². The largest absolute Gasteiger partial charge is 0.491 e. The van der Waals surface area contributed by atoms with Crippen molar-refractivity contribution in [3.8, 4) is 5.75 Å². The molecule has 2 aromatic carbocycles. The van der Waals surface area contributed by atoms with Gasteiger partial charge in [0.1, 0.15) is 12.4 Å². The fraction of sp³-hybridized carbons (Fsp3) is 0.500. The monoisotopic (exact) mass is 534 g/mol. The minimum absolute atomic E-state index is 0.0728. The predicted molar refractivity (Wildman–Crippen MR) is 134 cm³/mol. The van der Waals surface area contributed by atoms with Gasteiger partial charge in [-0.2, -0.15) is 13.2 Å². The van der Waals surface area contributed by atoms with Gasteiger partial charge in [0.15, 0.2) is 0 Å². The lowest BCUT2D eigenvalue weighted by Crippen LogP contribution is -2.60. The second kappa shape index (κ2) is 11.3. The molecule has 1 spiro atoms. The SMILES string of the molecule is COCCOc1ccccc1[C@@H]1CNC(=O)CC12CCN(C(=O)[C@](OC)(c1ccccc1)C(F)(F)F)CC2. The molecule has 0 radical (unpaired) electrons. The van der Waals surface area contributed by atoms with Crippen molar-refractivity contribution in [3.05, 3.63) is 65.7 Å². The predicted octanol–water partition coefficient (Wildman–Crippen LogP) is 4.03. The number of hydrogen-bond acceptors (Lipinski definition) is 5. The van der Waals surface area contributed by atoms with Gasteiger partial charge in [0.05, 0.1) is 6.61 Å². The summed E-state index contributed by atoms with van der Waals surface area (Å²) in [5.74, 6) is -0.693. The van der Waals surface area contributed by atoms with E-state index in [1.807, 2.05) is 24.3 Å². The van der Waals surface area contributed by atoms with Gasteiger partial charge >= 0.3 is 6.18 Å². The molecule has 38 heavy (non-hydrogen) atoms. The van der Waals surface area contributed by atoms with Crippen LogP contribution in [0, 0.1) is 5.41 Å². The minimum atomic E-state index is -4.97. The summed E-state index contributed by atoms with van der Waals surface area (Å²) in [6.45, 7) is 1.30. The van der Waals surface area contributed by atoms with E-state index in [1.54, 1.807) is 13.2 Å². The van der Waals surface area contributed by atoms with Crippen LogP contribution in [-0.4, -0.2) is 70.0 Å². The Labute approximate surface area is 220 Å². The Morgan fingerprint density at radius 1 is 1.03 bits per heavy atom. The number of alkyl halides is 3. The van der Waals surface area contributed by atoms with Crippen molar-refractivity contribution < 1.29 is 37.0 Å². The van der Waals surface area contributed by atoms with Crippen LogP contribution in [0.2, 0.25) is 0 Å². The number of carbonyl (C=O) groups excluding carboxylic acids is 2. The van der Waals surface area contributed by atoms with Crippen LogP contribution >= 0.6 is 0 Å². The average Bonchev–Trinajstić information content (AvgIpc) is 2.90. The lowest BCUT2D eigenvalue weighted by molar-refractivity contribution is -0.271. The molecule has 2 heterocycles. The molecule has 7 nitrogen and oxygen atoms in total. The zero-order valence-electron chi connectivity index (χ0n) is 21.6. The molecule has 0 aliphatic carbocycles. The van der Waals surface area contributed by atoms with Gasteiger partial charge in [-0.1, -0.05) is 48.5 Å². The van der Waals surface area contributed by atoms with Crippen LogP contribution in [0.1, 0.15) is 36.3 Å². The number of halogens is 3. The molecule has 2 atom stereocenters. The molecule has 1 N–H and O–H groups in total. The molecule has 10 heteroatoms. The molecular formula is C28H33F3N2O5. The molecule has 2 aliphatic rings. The van der Waals surface area contributed by atoms with E-state index < -0.39 is 23.1 Å². The van der Waals surface area contributed by atoms with E-state index in [1.165, 1.54) is 29.2 Å². The van der Waals surface area contributed by atoms with Crippen LogP contribution < -0.4 is 10.1 Å². The van der Waals surface area contributed by atoms with Crippen molar-refractivity contribution in [1.82, 2.24) is 10.2 Å². The molecule has 0 unspecified atom stereocenters. The van der Waals surface area contributed by atoms with E-state index >= 15 is 0 Å². The lowest BCUT2D eigenvalue weighted by Gasteiger charge is -2.50. The Morgan fingerprint density at radius 2 is 1.68 bits per heavy atom. The van der Waals surface area contributed by atoms with E-state index in [4.69, 9.17) is 14.2 Å². The number of nitrogens with zero attached hydrogens (tertiary/aromatic N) is 1. The second-order valence-electron chi connectivity index (χ2n) is 9.82. The van der Waals surface area contributed by atoms with E-state index in [2.05, 4.69) is 5.32 Å². The van der Waals surface area contributed by atoms with Gasteiger partial charge in [0, 0.05) is 51.8 Å². The summed E-state index contributed by atoms with van der Waals surface area (Å²) in [6.07, 6.45) is -4.01. The molecule has 0 aromatic heterocycles. The zero-order valence-corrected chi connectivity index (χ0v) is 21.6. The Hall–Kier alpha value is -3.11. The Bertz CT molecular complexity index is 1120. The van der Waals surface area contributed by atoms with Crippen molar-refractivity contribution in [3.63, 3.8) is 0 Å². The smallest absolute Gasteiger partial charge is 0.430 e. The number of benzene rings is 2. The van der Waals surface area contributed by atoms with Crippen molar-refractivity contribution in [2.45, 2.75) is 37.0 Å². The Kier molecular flexibility index (Phi) is 8.32. The van der Waals surface area contributed by atoms with Gasteiger partial charge in [-0.15, -0.1) is 0 Å². The van der Waals surface area contributed by atoms with Crippen molar-refractivity contribution in [2.75, 3.05) is 47.1 Å².